The molecule has 7 heteroatoms. The van der Waals surface area contributed by atoms with E-state index in [1.165, 1.54) is 18.2 Å². The standard InChI is InChI=1S/C14H10ClFN4O/c15-12-6-9(16)1-2-11(12)13-19-14(21-20-13)8-3-4-18-10(5-8)7-17/h1-6H,7,17H2. The molecule has 0 amide bonds. The molecule has 0 saturated heterocycles. The highest BCUT2D eigenvalue weighted by Crippen LogP contribution is 2.28. The van der Waals surface area contributed by atoms with Crippen LogP contribution in [-0.4, -0.2) is 15.1 Å². The molecule has 0 fully saturated rings. The Balaban J connectivity index is 1.99. The first kappa shape index (κ1) is 13.7. The molecular weight excluding hydrogens is 295 g/mol. The summed E-state index contributed by atoms with van der Waals surface area (Å²) in [6.45, 7) is 0.318. The molecule has 106 valence electrons. The van der Waals surface area contributed by atoms with Crippen LogP contribution in [0.3, 0.4) is 0 Å². The summed E-state index contributed by atoms with van der Waals surface area (Å²) in [5.74, 6) is 0.192. The Hall–Kier alpha value is -2.31. The van der Waals surface area contributed by atoms with Gasteiger partial charge < -0.3 is 10.3 Å². The summed E-state index contributed by atoms with van der Waals surface area (Å²) in [5.41, 5.74) is 7.47. The van der Waals surface area contributed by atoms with Crippen LogP contribution in [-0.2, 0) is 6.54 Å². The molecule has 0 unspecified atom stereocenters. The van der Waals surface area contributed by atoms with Crippen molar-refractivity contribution in [2.24, 2.45) is 5.73 Å². The number of nitrogens with zero attached hydrogens (tertiary/aromatic N) is 3. The highest BCUT2D eigenvalue weighted by molar-refractivity contribution is 6.33. The lowest BCUT2D eigenvalue weighted by Gasteiger charge is -1.98. The Morgan fingerprint density at radius 2 is 2.10 bits per heavy atom. The molecule has 0 bridgehead atoms. The van der Waals surface area contributed by atoms with Gasteiger partial charge in [0.1, 0.15) is 5.82 Å². The highest BCUT2D eigenvalue weighted by Gasteiger charge is 2.14. The van der Waals surface area contributed by atoms with Crippen LogP contribution >= 0.6 is 11.6 Å². The molecule has 0 aliphatic heterocycles. The number of aromatic nitrogens is 3. The van der Waals surface area contributed by atoms with Gasteiger partial charge in [-0.25, -0.2) is 4.39 Å². The summed E-state index contributed by atoms with van der Waals surface area (Å²) in [7, 11) is 0. The second kappa shape index (κ2) is 5.59. The van der Waals surface area contributed by atoms with Gasteiger partial charge in [0.15, 0.2) is 0 Å². The number of halogens is 2. The molecular formula is C14H10ClFN4O. The van der Waals surface area contributed by atoms with Crippen molar-refractivity contribution in [3.05, 3.63) is 53.1 Å². The van der Waals surface area contributed by atoms with Crippen molar-refractivity contribution >= 4 is 11.6 Å². The summed E-state index contributed by atoms with van der Waals surface area (Å²) in [4.78, 5) is 8.36. The molecule has 2 heterocycles. The average molecular weight is 305 g/mol. The van der Waals surface area contributed by atoms with E-state index in [1.807, 2.05) is 0 Å². The number of nitrogens with two attached hydrogens (primary N) is 1. The molecule has 21 heavy (non-hydrogen) atoms. The average Bonchev–Trinajstić information content (AvgIpc) is 2.97. The van der Waals surface area contributed by atoms with Crippen LogP contribution in [0.4, 0.5) is 4.39 Å². The van der Waals surface area contributed by atoms with Crippen LogP contribution in [0.5, 0.6) is 0 Å². The minimum atomic E-state index is -0.422. The maximum atomic E-state index is 13.0. The van der Waals surface area contributed by atoms with Crippen LogP contribution in [0, 0.1) is 5.82 Å². The van der Waals surface area contributed by atoms with Crippen LogP contribution < -0.4 is 5.73 Å². The zero-order valence-corrected chi connectivity index (χ0v) is 11.5. The van der Waals surface area contributed by atoms with Gasteiger partial charge in [0.25, 0.3) is 5.89 Å². The maximum absolute atomic E-state index is 13.0. The Bertz CT molecular complexity index is 790. The molecule has 1 aromatic carbocycles. The normalized spacial score (nSPS) is 10.8. The molecule has 0 spiro atoms. The molecule has 5 nitrogen and oxygen atoms in total. The van der Waals surface area contributed by atoms with E-state index in [9.17, 15) is 4.39 Å². The zero-order chi connectivity index (χ0) is 14.8. The fraction of sp³-hybridized carbons (Fsp3) is 0.0714. The third kappa shape index (κ3) is 2.76. The number of hydrogen-bond acceptors (Lipinski definition) is 5. The lowest BCUT2D eigenvalue weighted by atomic mass is 10.2. The molecule has 2 aromatic heterocycles. The van der Waals surface area contributed by atoms with Gasteiger partial charge in [-0.3, -0.25) is 4.98 Å². The van der Waals surface area contributed by atoms with E-state index in [0.29, 0.717) is 35.1 Å². The lowest BCUT2D eigenvalue weighted by Crippen LogP contribution is -1.98. The third-order valence-electron chi connectivity index (χ3n) is 2.87. The number of benzene rings is 1. The van der Waals surface area contributed by atoms with Crippen molar-refractivity contribution < 1.29 is 8.91 Å². The van der Waals surface area contributed by atoms with Gasteiger partial charge >= 0.3 is 0 Å². The molecule has 0 atom stereocenters. The van der Waals surface area contributed by atoms with Crippen LogP contribution in [0.15, 0.2) is 41.1 Å². The molecule has 3 aromatic rings. The second-order valence-corrected chi connectivity index (χ2v) is 4.69. The lowest BCUT2D eigenvalue weighted by molar-refractivity contribution is 0.432. The first-order chi connectivity index (χ1) is 10.2. The van der Waals surface area contributed by atoms with Crippen molar-refractivity contribution in [3.63, 3.8) is 0 Å². The predicted molar refractivity (Wildman–Crippen MR) is 75.8 cm³/mol. The van der Waals surface area contributed by atoms with Crippen molar-refractivity contribution in [1.82, 2.24) is 15.1 Å². The van der Waals surface area contributed by atoms with Gasteiger partial charge in [0.2, 0.25) is 5.82 Å². The molecule has 2 N–H and O–H groups in total. The van der Waals surface area contributed by atoms with E-state index in [-0.39, 0.29) is 5.02 Å². The van der Waals surface area contributed by atoms with Crippen LogP contribution in [0.1, 0.15) is 5.69 Å². The summed E-state index contributed by atoms with van der Waals surface area (Å²) in [6.07, 6.45) is 1.62. The zero-order valence-electron chi connectivity index (χ0n) is 10.8. The number of rotatable bonds is 3. The van der Waals surface area contributed by atoms with Crippen molar-refractivity contribution in [3.8, 4) is 22.8 Å². The summed E-state index contributed by atoms with van der Waals surface area (Å²) >= 11 is 5.98. The van der Waals surface area contributed by atoms with E-state index in [4.69, 9.17) is 21.9 Å². The van der Waals surface area contributed by atoms with E-state index >= 15 is 0 Å². The monoisotopic (exact) mass is 304 g/mol. The van der Waals surface area contributed by atoms with Gasteiger partial charge in [-0.15, -0.1) is 0 Å². The SMILES string of the molecule is NCc1cc(-c2nc(-c3ccc(F)cc3Cl)no2)ccn1. The first-order valence-electron chi connectivity index (χ1n) is 6.12. The quantitative estimate of drug-likeness (QED) is 0.804. The van der Waals surface area contributed by atoms with Gasteiger partial charge in [0.05, 0.1) is 10.7 Å². The number of pyridine rings is 1. The smallest absolute Gasteiger partial charge is 0.258 e. The fourth-order valence-electron chi connectivity index (χ4n) is 1.84. The molecule has 0 aliphatic rings. The topological polar surface area (TPSA) is 77.8 Å². The second-order valence-electron chi connectivity index (χ2n) is 4.29. The third-order valence-corrected chi connectivity index (χ3v) is 3.18. The van der Waals surface area contributed by atoms with Gasteiger partial charge in [-0.05, 0) is 30.3 Å². The van der Waals surface area contributed by atoms with E-state index in [2.05, 4.69) is 15.1 Å². The van der Waals surface area contributed by atoms with E-state index in [0.717, 1.165) is 0 Å². The fourth-order valence-corrected chi connectivity index (χ4v) is 2.10. The van der Waals surface area contributed by atoms with Gasteiger partial charge in [0, 0.05) is 23.9 Å². The Labute approximate surface area is 124 Å². The van der Waals surface area contributed by atoms with E-state index in [1.54, 1.807) is 18.3 Å². The van der Waals surface area contributed by atoms with Crippen molar-refractivity contribution in [1.29, 1.82) is 0 Å². The van der Waals surface area contributed by atoms with Crippen molar-refractivity contribution in [2.75, 3.05) is 0 Å². The van der Waals surface area contributed by atoms with Crippen LogP contribution in [0.2, 0.25) is 5.02 Å². The Morgan fingerprint density at radius 1 is 1.24 bits per heavy atom. The molecule has 0 aliphatic carbocycles. The molecule has 3 rings (SSSR count). The molecule has 0 radical (unpaired) electrons. The summed E-state index contributed by atoms with van der Waals surface area (Å²) in [6, 6.07) is 7.50. The Morgan fingerprint density at radius 3 is 2.86 bits per heavy atom. The van der Waals surface area contributed by atoms with Crippen LogP contribution in [0.25, 0.3) is 22.8 Å². The first-order valence-corrected chi connectivity index (χ1v) is 6.49. The van der Waals surface area contributed by atoms with Gasteiger partial charge in [-0.1, -0.05) is 16.8 Å². The van der Waals surface area contributed by atoms with E-state index < -0.39 is 5.82 Å². The minimum Gasteiger partial charge on any atom is -0.334 e. The highest BCUT2D eigenvalue weighted by atomic mass is 35.5. The predicted octanol–water partition coefficient (Wildman–Crippen LogP) is 3.05. The minimum absolute atomic E-state index is 0.222. The molecule has 0 saturated carbocycles. The summed E-state index contributed by atoms with van der Waals surface area (Å²) in [5, 5.41) is 4.09. The maximum Gasteiger partial charge on any atom is 0.258 e. The number of hydrogen-bond donors (Lipinski definition) is 1. The van der Waals surface area contributed by atoms with Gasteiger partial charge in [-0.2, -0.15) is 4.98 Å². The largest absolute Gasteiger partial charge is 0.334 e. The Kier molecular flexibility index (Phi) is 3.64. The van der Waals surface area contributed by atoms with Crippen molar-refractivity contribution in [2.45, 2.75) is 6.54 Å². The summed E-state index contributed by atoms with van der Waals surface area (Å²) < 4.78 is 18.3.